The first-order chi connectivity index (χ1) is 21.7. The van der Waals surface area contributed by atoms with E-state index in [2.05, 4.69) is 44.4 Å². The number of rotatable bonds is 8. The number of amides is 1. The van der Waals surface area contributed by atoms with E-state index in [1.165, 1.54) is 24.8 Å². The Kier molecular flexibility index (Phi) is 10.3. The summed E-state index contributed by atoms with van der Waals surface area (Å²) in [4.78, 5) is 43.7. The fourth-order valence-corrected chi connectivity index (χ4v) is 6.02. The Balaban J connectivity index is 1.32. The third-order valence-electron chi connectivity index (χ3n) is 8.41. The van der Waals surface area contributed by atoms with Gasteiger partial charge >= 0.3 is 5.97 Å². The summed E-state index contributed by atoms with van der Waals surface area (Å²) in [6, 6.07) is 19.9. The van der Waals surface area contributed by atoms with Crippen molar-refractivity contribution in [2.75, 3.05) is 61.5 Å². The number of esters is 1. The summed E-state index contributed by atoms with van der Waals surface area (Å²) in [5, 5.41) is 17.4. The standard InChI is InChI=1S/C33H38N6O5S/c1-23-12-14-37(15-13-23)29-11-9-26(39(42)43)21-27(29)31(40)35-33(45)34-28-20-25(32(41)44-2)8-10-30(28)38-18-16-36(17-19-38)22-24-6-4-3-5-7-24/h3-11,20-21,23H,12-19,22H2,1-2H3,(H2,34,35,40,45). The smallest absolute Gasteiger partial charge is 0.337 e. The van der Waals surface area contributed by atoms with Crippen LogP contribution in [0.3, 0.4) is 0 Å². The Labute approximate surface area is 268 Å². The number of piperazine rings is 1. The molecule has 2 aliphatic heterocycles. The van der Waals surface area contributed by atoms with Gasteiger partial charge in [0.05, 0.1) is 40.2 Å². The van der Waals surface area contributed by atoms with E-state index in [1.54, 1.807) is 18.2 Å². The predicted molar refractivity (Wildman–Crippen MR) is 179 cm³/mol. The van der Waals surface area contributed by atoms with Crippen LogP contribution in [0.4, 0.5) is 22.7 Å². The van der Waals surface area contributed by atoms with Crippen LogP contribution in [0.1, 0.15) is 46.0 Å². The average molecular weight is 631 g/mol. The molecule has 0 unspecified atom stereocenters. The second-order valence-corrected chi connectivity index (χ2v) is 11.9. The topological polar surface area (TPSA) is 120 Å². The van der Waals surface area contributed by atoms with Crippen molar-refractivity contribution in [1.82, 2.24) is 10.2 Å². The molecule has 2 heterocycles. The molecular weight excluding hydrogens is 592 g/mol. The monoisotopic (exact) mass is 630 g/mol. The SMILES string of the molecule is COC(=O)c1ccc(N2CCN(Cc3ccccc3)CC2)c(NC(=S)NC(=O)c2cc([N+](=O)[O-])ccc2N2CCC(C)CC2)c1. The van der Waals surface area contributed by atoms with Gasteiger partial charge in [-0.25, -0.2) is 4.79 Å². The molecule has 0 bridgehead atoms. The molecule has 0 radical (unpaired) electrons. The molecular formula is C33H38N6O5S. The predicted octanol–water partition coefficient (Wildman–Crippen LogP) is 5.07. The van der Waals surface area contributed by atoms with Crippen molar-refractivity contribution in [2.45, 2.75) is 26.3 Å². The molecule has 3 aromatic carbocycles. The summed E-state index contributed by atoms with van der Waals surface area (Å²) in [5.41, 5.74) is 3.61. The Morgan fingerprint density at radius 3 is 2.27 bits per heavy atom. The second kappa shape index (κ2) is 14.5. The van der Waals surface area contributed by atoms with Gasteiger partial charge in [0.15, 0.2) is 5.11 Å². The number of nitrogens with one attached hydrogen (secondary N) is 2. The van der Waals surface area contributed by atoms with E-state index in [-0.39, 0.29) is 16.4 Å². The molecule has 0 aliphatic carbocycles. The Hall–Kier alpha value is -4.55. The van der Waals surface area contributed by atoms with Gasteiger partial charge in [0.1, 0.15) is 0 Å². The van der Waals surface area contributed by atoms with Crippen LogP contribution >= 0.6 is 12.2 Å². The lowest BCUT2D eigenvalue weighted by molar-refractivity contribution is -0.384. The molecule has 12 heteroatoms. The highest BCUT2D eigenvalue weighted by atomic mass is 32.1. The molecule has 2 aliphatic rings. The van der Waals surface area contributed by atoms with Crippen LogP contribution in [-0.2, 0) is 11.3 Å². The molecule has 0 saturated carbocycles. The van der Waals surface area contributed by atoms with E-state index in [9.17, 15) is 19.7 Å². The van der Waals surface area contributed by atoms with Crippen molar-refractivity contribution >= 4 is 52.0 Å². The van der Waals surface area contributed by atoms with E-state index in [4.69, 9.17) is 17.0 Å². The van der Waals surface area contributed by atoms with Crippen molar-refractivity contribution in [1.29, 1.82) is 0 Å². The number of hydrogen-bond donors (Lipinski definition) is 2. The number of nitrogens with zero attached hydrogens (tertiary/aromatic N) is 4. The highest BCUT2D eigenvalue weighted by Crippen LogP contribution is 2.31. The summed E-state index contributed by atoms with van der Waals surface area (Å²) >= 11 is 5.57. The van der Waals surface area contributed by atoms with Crippen LogP contribution in [-0.4, -0.2) is 73.2 Å². The Morgan fingerprint density at radius 1 is 0.933 bits per heavy atom. The normalized spacial score (nSPS) is 15.8. The number of hydrogen-bond acceptors (Lipinski definition) is 9. The van der Waals surface area contributed by atoms with E-state index in [0.29, 0.717) is 22.9 Å². The fourth-order valence-electron chi connectivity index (χ4n) is 5.81. The van der Waals surface area contributed by atoms with E-state index in [0.717, 1.165) is 64.3 Å². The van der Waals surface area contributed by atoms with Crippen LogP contribution in [0.2, 0.25) is 0 Å². The van der Waals surface area contributed by atoms with Gasteiger partial charge in [-0.15, -0.1) is 0 Å². The molecule has 2 N–H and O–H groups in total. The van der Waals surface area contributed by atoms with Crippen LogP contribution in [0.5, 0.6) is 0 Å². The minimum absolute atomic E-state index is 0.00991. The number of methoxy groups -OCH3 is 1. The fraction of sp³-hybridized carbons (Fsp3) is 0.364. The first kappa shape index (κ1) is 31.9. The third-order valence-corrected chi connectivity index (χ3v) is 8.62. The highest BCUT2D eigenvalue weighted by molar-refractivity contribution is 7.80. The zero-order valence-electron chi connectivity index (χ0n) is 25.5. The molecule has 2 fully saturated rings. The summed E-state index contributed by atoms with van der Waals surface area (Å²) < 4.78 is 4.93. The lowest BCUT2D eigenvalue weighted by Gasteiger charge is -2.37. The van der Waals surface area contributed by atoms with E-state index >= 15 is 0 Å². The number of ether oxygens (including phenoxy) is 1. The quantitative estimate of drug-likeness (QED) is 0.151. The average Bonchev–Trinajstić information content (AvgIpc) is 3.05. The lowest BCUT2D eigenvalue weighted by Crippen LogP contribution is -2.46. The van der Waals surface area contributed by atoms with Crippen molar-refractivity contribution in [3.63, 3.8) is 0 Å². The van der Waals surface area contributed by atoms with Crippen LogP contribution in [0, 0.1) is 16.0 Å². The van der Waals surface area contributed by atoms with Crippen molar-refractivity contribution in [2.24, 2.45) is 5.92 Å². The Morgan fingerprint density at radius 2 is 1.60 bits per heavy atom. The second-order valence-electron chi connectivity index (χ2n) is 11.5. The minimum atomic E-state index is -0.551. The maximum atomic E-state index is 13.6. The van der Waals surface area contributed by atoms with Crippen LogP contribution in [0.15, 0.2) is 66.7 Å². The maximum absolute atomic E-state index is 13.6. The molecule has 236 valence electrons. The number of non-ortho nitro benzene ring substituents is 1. The van der Waals surface area contributed by atoms with Gasteiger partial charge in [-0.1, -0.05) is 37.3 Å². The lowest BCUT2D eigenvalue weighted by atomic mass is 9.98. The van der Waals surface area contributed by atoms with Crippen LogP contribution in [0.25, 0.3) is 0 Å². The number of thiocarbonyl (C=S) groups is 1. The van der Waals surface area contributed by atoms with Crippen molar-refractivity contribution < 1.29 is 19.2 Å². The van der Waals surface area contributed by atoms with Gasteiger partial charge in [-0.05, 0) is 60.8 Å². The molecule has 0 spiro atoms. The van der Waals surface area contributed by atoms with Gasteiger partial charge in [0.2, 0.25) is 0 Å². The van der Waals surface area contributed by atoms with E-state index < -0.39 is 16.8 Å². The zero-order valence-corrected chi connectivity index (χ0v) is 26.3. The third kappa shape index (κ3) is 7.95. The molecule has 2 saturated heterocycles. The number of anilines is 3. The maximum Gasteiger partial charge on any atom is 0.337 e. The number of benzene rings is 3. The van der Waals surface area contributed by atoms with Gasteiger partial charge < -0.3 is 19.9 Å². The molecule has 45 heavy (non-hydrogen) atoms. The molecule has 11 nitrogen and oxygen atoms in total. The Bertz CT molecular complexity index is 1550. The largest absolute Gasteiger partial charge is 0.465 e. The van der Waals surface area contributed by atoms with Crippen molar-refractivity contribution in [3.8, 4) is 0 Å². The molecule has 5 rings (SSSR count). The van der Waals surface area contributed by atoms with Gasteiger partial charge in [-0.3, -0.25) is 25.1 Å². The first-order valence-electron chi connectivity index (χ1n) is 15.1. The number of nitro groups is 1. The minimum Gasteiger partial charge on any atom is -0.465 e. The van der Waals surface area contributed by atoms with Gasteiger partial charge in [0, 0.05) is 57.9 Å². The summed E-state index contributed by atoms with van der Waals surface area (Å²) in [6.45, 7) is 7.77. The number of carbonyl (C=O) groups is 2. The highest BCUT2D eigenvalue weighted by Gasteiger charge is 2.25. The molecule has 0 aromatic heterocycles. The number of nitro benzene ring substituents is 1. The molecule has 1 amide bonds. The first-order valence-corrected chi connectivity index (χ1v) is 15.5. The van der Waals surface area contributed by atoms with Gasteiger partial charge in [-0.2, -0.15) is 0 Å². The van der Waals surface area contributed by atoms with Gasteiger partial charge in [0.25, 0.3) is 11.6 Å². The molecule has 0 atom stereocenters. The summed E-state index contributed by atoms with van der Waals surface area (Å²) in [7, 11) is 1.32. The summed E-state index contributed by atoms with van der Waals surface area (Å²) in [6.07, 6.45) is 1.94. The zero-order chi connectivity index (χ0) is 31.9. The number of piperidine rings is 1. The number of carbonyl (C=O) groups excluding carboxylic acids is 2. The van der Waals surface area contributed by atoms with Crippen LogP contribution < -0.4 is 20.4 Å². The summed E-state index contributed by atoms with van der Waals surface area (Å²) in [5.74, 6) is -0.468. The van der Waals surface area contributed by atoms with E-state index in [1.807, 2.05) is 24.3 Å². The molecule has 3 aromatic rings. The van der Waals surface area contributed by atoms with Crippen molar-refractivity contribution in [3.05, 3.63) is 93.5 Å².